The average molecular weight is 353 g/mol. The smallest absolute Gasteiger partial charge is 0.262 e. The zero-order valence-electron chi connectivity index (χ0n) is 13.8. The van der Waals surface area contributed by atoms with Gasteiger partial charge >= 0.3 is 0 Å². The minimum atomic E-state index is -0.0852. The number of rotatable bonds is 2. The third kappa shape index (κ3) is 2.52. The van der Waals surface area contributed by atoms with Gasteiger partial charge in [-0.05, 0) is 36.1 Å². The molecule has 6 heteroatoms. The summed E-state index contributed by atoms with van der Waals surface area (Å²) in [5.41, 5.74) is 3.77. The zero-order chi connectivity index (χ0) is 16.8. The van der Waals surface area contributed by atoms with Crippen molar-refractivity contribution in [2.45, 2.75) is 32.0 Å². The Morgan fingerprint density at radius 2 is 2.24 bits per heavy atom. The Labute approximate surface area is 149 Å². The molecule has 1 atom stereocenters. The predicted molar refractivity (Wildman–Crippen MR) is 98.1 cm³/mol. The number of ether oxygens (including phenoxy) is 1. The van der Waals surface area contributed by atoms with Gasteiger partial charge < -0.3 is 10.1 Å². The summed E-state index contributed by atoms with van der Waals surface area (Å²) in [6, 6.07) is 8.35. The van der Waals surface area contributed by atoms with Gasteiger partial charge in [-0.15, -0.1) is 11.3 Å². The lowest BCUT2D eigenvalue weighted by molar-refractivity contribution is 0.0299. The zero-order valence-corrected chi connectivity index (χ0v) is 14.6. The standard InChI is InChI=1S/C19H19N3O2S/c23-19-17-14-5-7-20-9-16(14)25-18(17)21-11-22(19)10-15-13-4-2-1-3-12(13)6-8-24-15/h1-4,11,15,20H,5-10H2/t15-/m1/s1. The summed E-state index contributed by atoms with van der Waals surface area (Å²) < 4.78 is 7.70. The summed E-state index contributed by atoms with van der Waals surface area (Å²) in [6.07, 6.45) is 3.43. The van der Waals surface area contributed by atoms with Crippen LogP contribution in [0.1, 0.15) is 27.7 Å². The Hall–Kier alpha value is -2.02. The normalized spacial score (nSPS) is 19.6. The fraction of sp³-hybridized carbons (Fsp3) is 0.368. The van der Waals surface area contributed by atoms with Gasteiger partial charge in [0.25, 0.3) is 5.56 Å². The third-order valence-corrected chi connectivity index (χ3v) is 6.29. The van der Waals surface area contributed by atoms with Crippen molar-refractivity contribution in [3.8, 4) is 0 Å². The molecule has 5 rings (SSSR count). The molecule has 2 aliphatic heterocycles. The number of thiophene rings is 1. The van der Waals surface area contributed by atoms with E-state index in [1.807, 2.05) is 6.07 Å². The number of hydrogen-bond acceptors (Lipinski definition) is 5. The second kappa shape index (κ2) is 6.05. The van der Waals surface area contributed by atoms with Crippen molar-refractivity contribution in [1.82, 2.24) is 14.9 Å². The first-order valence-electron chi connectivity index (χ1n) is 8.71. The molecule has 128 valence electrons. The molecule has 1 aromatic carbocycles. The number of aromatic nitrogens is 2. The van der Waals surface area contributed by atoms with Crippen LogP contribution in [0.15, 0.2) is 35.4 Å². The van der Waals surface area contributed by atoms with Crippen molar-refractivity contribution in [3.05, 3.63) is 62.5 Å². The highest BCUT2D eigenvalue weighted by molar-refractivity contribution is 7.18. The summed E-state index contributed by atoms with van der Waals surface area (Å²) in [6.45, 7) is 2.98. The van der Waals surface area contributed by atoms with Crippen LogP contribution >= 0.6 is 11.3 Å². The molecular formula is C19H19N3O2S. The van der Waals surface area contributed by atoms with E-state index in [0.717, 1.165) is 36.1 Å². The van der Waals surface area contributed by atoms with Crippen LogP contribution in [0.25, 0.3) is 10.2 Å². The molecule has 0 amide bonds. The maximum Gasteiger partial charge on any atom is 0.262 e. The summed E-state index contributed by atoms with van der Waals surface area (Å²) in [5.74, 6) is 0. The second-order valence-electron chi connectivity index (χ2n) is 6.62. The van der Waals surface area contributed by atoms with E-state index in [2.05, 4.69) is 28.5 Å². The number of hydrogen-bond donors (Lipinski definition) is 1. The van der Waals surface area contributed by atoms with Gasteiger partial charge in [0.15, 0.2) is 0 Å². The minimum Gasteiger partial charge on any atom is -0.371 e. The summed E-state index contributed by atoms with van der Waals surface area (Å²) >= 11 is 1.64. The molecule has 0 saturated heterocycles. The fourth-order valence-electron chi connectivity index (χ4n) is 3.89. The van der Waals surface area contributed by atoms with Crippen LogP contribution in [0.3, 0.4) is 0 Å². The third-order valence-electron chi connectivity index (χ3n) is 5.15. The lowest BCUT2D eigenvalue weighted by atomic mass is 9.97. The molecular weight excluding hydrogens is 334 g/mol. The van der Waals surface area contributed by atoms with E-state index in [9.17, 15) is 4.79 Å². The van der Waals surface area contributed by atoms with E-state index in [-0.39, 0.29) is 11.7 Å². The van der Waals surface area contributed by atoms with Crippen LogP contribution in [0.5, 0.6) is 0 Å². The maximum absolute atomic E-state index is 13.1. The molecule has 0 radical (unpaired) electrons. The molecule has 25 heavy (non-hydrogen) atoms. The van der Waals surface area contributed by atoms with Crippen LogP contribution < -0.4 is 10.9 Å². The first-order valence-corrected chi connectivity index (χ1v) is 9.53. The molecule has 1 N–H and O–H groups in total. The highest BCUT2D eigenvalue weighted by Gasteiger charge is 2.23. The topological polar surface area (TPSA) is 56.2 Å². The quantitative estimate of drug-likeness (QED) is 0.769. The van der Waals surface area contributed by atoms with Gasteiger partial charge in [-0.1, -0.05) is 24.3 Å². The fourth-order valence-corrected chi connectivity index (χ4v) is 5.03. The SMILES string of the molecule is O=c1c2c3c(sc2ncn1C[C@H]1OCCc2ccccc21)CNCC3. The molecule has 0 bridgehead atoms. The monoisotopic (exact) mass is 353 g/mol. The van der Waals surface area contributed by atoms with E-state index in [1.54, 1.807) is 22.2 Å². The van der Waals surface area contributed by atoms with Gasteiger partial charge in [0.1, 0.15) is 10.9 Å². The van der Waals surface area contributed by atoms with E-state index >= 15 is 0 Å². The summed E-state index contributed by atoms with van der Waals surface area (Å²) in [5, 5.41) is 4.18. The minimum absolute atomic E-state index is 0.0658. The summed E-state index contributed by atoms with van der Waals surface area (Å²) in [7, 11) is 0. The molecule has 3 aromatic rings. The highest BCUT2D eigenvalue weighted by atomic mass is 32.1. The molecule has 0 saturated carbocycles. The molecule has 5 nitrogen and oxygen atoms in total. The Morgan fingerprint density at radius 3 is 3.20 bits per heavy atom. The maximum atomic E-state index is 13.1. The van der Waals surface area contributed by atoms with E-state index in [0.29, 0.717) is 13.2 Å². The van der Waals surface area contributed by atoms with Gasteiger partial charge in [0.2, 0.25) is 0 Å². The van der Waals surface area contributed by atoms with Crippen molar-refractivity contribution in [2.75, 3.05) is 13.2 Å². The molecule has 4 heterocycles. The number of fused-ring (bicyclic) bond motifs is 4. The van der Waals surface area contributed by atoms with Crippen LogP contribution in [0.4, 0.5) is 0 Å². The van der Waals surface area contributed by atoms with Crippen molar-refractivity contribution < 1.29 is 4.74 Å². The first kappa shape index (κ1) is 15.3. The van der Waals surface area contributed by atoms with Crippen molar-refractivity contribution in [2.24, 2.45) is 0 Å². The molecule has 0 fully saturated rings. The van der Waals surface area contributed by atoms with Crippen molar-refractivity contribution in [1.29, 1.82) is 0 Å². The van der Waals surface area contributed by atoms with E-state index < -0.39 is 0 Å². The van der Waals surface area contributed by atoms with Gasteiger partial charge in [-0.2, -0.15) is 0 Å². The van der Waals surface area contributed by atoms with Crippen molar-refractivity contribution >= 4 is 21.6 Å². The number of benzene rings is 1. The van der Waals surface area contributed by atoms with Gasteiger partial charge in [0.05, 0.1) is 24.9 Å². The van der Waals surface area contributed by atoms with E-state index in [1.165, 1.54) is 21.6 Å². The van der Waals surface area contributed by atoms with Crippen LogP contribution in [-0.4, -0.2) is 22.7 Å². The lowest BCUT2D eigenvalue weighted by Gasteiger charge is -2.26. The van der Waals surface area contributed by atoms with Crippen LogP contribution in [0.2, 0.25) is 0 Å². The van der Waals surface area contributed by atoms with Crippen LogP contribution in [-0.2, 0) is 30.7 Å². The Balaban J connectivity index is 1.56. The second-order valence-corrected chi connectivity index (χ2v) is 7.70. The predicted octanol–water partition coefficient (Wildman–Crippen LogP) is 2.42. The lowest BCUT2D eigenvalue weighted by Crippen LogP contribution is -2.28. The molecule has 0 aliphatic carbocycles. The Kier molecular flexibility index (Phi) is 3.69. The van der Waals surface area contributed by atoms with Gasteiger partial charge in [-0.25, -0.2) is 4.98 Å². The van der Waals surface area contributed by atoms with E-state index in [4.69, 9.17) is 4.74 Å². The molecule has 2 aliphatic rings. The first-order chi connectivity index (χ1) is 12.3. The van der Waals surface area contributed by atoms with Gasteiger partial charge in [-0.3, -0.25) is 9.36 Å². The molecule has 0 unspecified atom stereocenters. The number of nitrogens with zero attached hydrogens (tertiary/aromatic N) is 2. The highest BCUT2D eigenvalue weighted by Crippen LogP contribution is 2.31. The largest absolute Gasteiger partial charge is 0.371 e. The van der Waals surface area contributed by atoms with Crippen molar-refractivity contribution in [3.63, 3.8) is 0 Å². The number of nitrogens with one attached hydrogen (secondary N) is 1. The van der Waals surface area contributed by atoms with Crippen LogP contribution in [0, 0.1) is 0 Å². The Morgan fingerprint density at radius 1 is 1.32 bits per heavy atom. The average Bonchev–Trinajstić information content (AvgIpc) is 3.03. The molecule has 0 spiro atoms. The Bertz CT molecular complexity index is 1010. The van der Waals surface area contributed by atoms with Gasteiger partial charge in [0, 0.05) is 11.4 Å². The molecule has 2 aromatic heterocycles. The summed E-state index contributed by atoms with van der Waals surface area (Å²) in [4.78, 5) is 19.8.